The molecule has 1 aromatic carbocycles. The van der Waals surface area contributed by atoms with Gasteiger partial charge < -0.3 is 15.0 Å². The average Bonchev–Trinajstić information content (AvgIpc) is 3.26. The Morgan fingerprint density at radius 2 is 2.10 bits per heavy atom. The van der Waals surface area contributed by atoms with Crippen LogP contribution in [-0.2, 0) is 4.79 Å². The number of hydrogen-bond acceptors (Lipinski definition) is 6. The van der Waals surface area contributed by atoms with Crippen molar-refractivity contribution in [3.05, 3.63) is 46.1 Å². The number of piperidine rings is 1. The van der Waals surface area contributed by atoms with Crippen LogP contribution in [0.2, 0.25) is 0 Å². The molecule has 1 aliphatic heterocycles. The van der Waals surface area contributed by atoms with E-state index in [2.05, 4.69) is 10.2 Å². The van der Waals surface area contributed by atoms with Gasteiger partial charge in [-0.15, -0.1) is 11.3 Å². The minimum atomic E-state index is -0.0823. The zero-order valence-corrected chi connectivity index (χ0v) is 18.1. The van der Waals surface area contributed by atoms with Crippen LogP contribution < -0.4 is 20.5 Å². The zero-order chi connectivity index (χ0) is 21.1. The SMILES string of the molecule is CCCNC(=O)C1CCN(c2nc3ccsc3c(=O)n2-c2cccc(OC)c2)CC1. The normalized spacial score (nSPS) is 14.8. The third-order valence-corrected chi connectivity index (χ3v) is 6.36. The smallest absolute Gasteiger partial charge is 0.277 e. The van der Waals surface area contributed by atoms with Gasteiger partial charge in [0.15, 0.2) is 0 Å². The molecule has 4 rings (SSSR count). The van der Waals surface area contributed by atoms with E-state index in [0.717, 1.165) is 24.9 Å². The summed E-state index contributed by atoms with van der Waals surface area (Å²) in [6.45, 7) is 4.12. The molecule has 1 fully saturated rings. The number of hydrogen-bond donors (Lipinski definition) is 1. The van der Waals surface area contributed by atoms with Crippen LogP contribution in [0.1, 0.15) is 26.2 Å². The van der Waals surface area contributed by atoms with Gasteiger partial charge in [0.05, 0.1) is 18.3 Å². The Kier molecular flexibility index (Phi) is 6.03. The second kappa shape index (κ2) is 8.87. The van der Waals surface area contributed by atoms with Gasteiger partial charge in [-0.05, 0) is 42.8 Å². The van der Waals surface area contributed by atoms with Crippen LogP contribution in [0.4, 0.5) is 5.95 Å². The fourth-order valence-electron chi connectivity index (χ4n) is 3.83. The Balaban J connectivity index is 1.69. The number of fused-ring (bicyclic) bond motifs is 1. The van der Waals surface area contributed by atoms with Crippen LogP contribution in [0.15, 0.2) is 40.5 Å². The predicted octanol–water partition coefficient (Wildman–Crippen LogP) is 3.20. The molecule has 1 aliphatic rings. The predicted molar refractivity (Wildman–Crippen MR) is 120 cm³/mol. The van der Waals surface area contributed by atoms with E-state index in [1.54, 1.807) is 11.7 Å². The number of anilines is 1. The van der Waals surface area contributed by atoms with Gasteiger partial charge in [-0.25, -0.2) is 9.55 Å². The van der Waals surface area contributed by atoms with Gasteiger partial charge in [0.1, 0.15) is 10.4 Å². The first-order valence-electron chi connectivity index (χ1n) is 10.3. The van der Waals surface area contributed by atoms with Gasteiger partial charge >= 0.3 is 0 Å². The number of carbonyl (C=O) groups excluding carboxylic acids is 1. The number of nitrogens with zero attached hydrogens (tertiary/aromatic N) is 3. The van der Waals surface area contributed by atoms with Crippen LogP contribution in [0.3, 0.4) is 0 Å². The van der Waals surface area contributed by atoms with Crippen LogP contribution in [0.25, 0.3) is 15.9 Å². The van der Waals surface area contributed by atoms with E-state index in [4.69, 9.17) is 9.72 Å². The first-order chi connectivity index (χ1) is 14.6. The molecule has 1 saturated heterocycles. The first kappa shape index (κ1) is 20.4. The summed E-state index contributed by atoms with van der Waals surface area (Å²) in [4.78, 5) is 32.6. The second-order valence-corrected chi connectivity index (χ2v) is 8.36. The molecule has 0 radical (unpaired) electrons. The Morgan fingerprint density at radius 3 is 2.83 bits per heavy atom. The number of aromatic nitrogens is 2. The highest BCUT2D eigenvalue weighted by molar-refractivity contribution is 7.17. The van der Waals surface area contributed by atoms with Gasteiger partial charge in [-0.2, -0.15) is 0 Å². The molecular formula is C22H26N4O3S. The Morgan fingerprint density at radius 1 is 1.30 bits per heavy atom. The van der Waals surface area contributed by atoms with Crippen LogP contribution >= 0.6 is 11.3 Å². The molecule has 1 amide bonds. The lowest BCUT2D eigenvalue weighted by Gasteiger charge is -2.33. The molecule has 0 unspecified atom stereocenters. The van der Waals surface area contributed by atoms with Gasteiger partial charge in [0.25, 0.3) is 5.56 Å². The van der Waals surface area contributed by atoms with E-state index < -0.39 is 0 Å². The Hall–Kier alpha value is -2.87. The lowest BCUT2D eigenvalue weighted by molar-refractivity contribution is -0.125. The van der Waals surface area contributed by atoms with Crippen molar-refractivity contribution in [1.82, 2.24) is 14.9 Å². The number of methoxy groups -OCH3 is 1. The monoisotopic (exact) mass is 426 g/mol. The average molecular weight is 427 g/mol. The van der Waals surface area contributed by atoms with E-state index in [1.165, 1.54) is 11.3 Å². The molecule has 0 bridgehead atoms. The third-order valence-electron chi connectivity index (χ3n) is 5.47. The molecular weight excluding hydrogens is 400 g/mol. The van der Waals surface area contributed by atoms with Crippen molar-refractivity contribution in [2.24, 2.45) is 5.92 Å². The van der Waals surface area contributed by atoms with Gasteiger partial charge in [-0.1, -0.05) is 13.0 Å². The maximum atomic E-state index is 13.3. The van der Waals surface area contributed by atoms with Crippen molar-refractivity contribution in [2.75, 3.05) is 31.6 Å². The number of thiophene rings is 1. The molecule has 1 N–H and O–H groups in total. The topological polar surface area (TPSA) is 76.5 Å². The van der Waals surface area contributed by atoms with E-state index in [-0.39, 0.29) is 17.4 Å². The molecule has 3 heterocycles. The summed E-state index contributed by atoms with van der Waals surface area (Å²) in [5, 5.41) is 4.89. The number of benzene rings is 1. The summed E-state index contributed by atoms with van der Waals surface area (Å²) in [5.41, 5.74) is 1.35. The molecule has 3 aromatic rings. The second-order valence-electron chi connectivity index (χ2n) is 7.44. The summed E-state index contributed by atoms with van der Waals surface area (Å²) in [6.07, 6.45) is 2.42. The highest BCUT2D eigenvalue weighted by Crippen LogP contribution is 2.27. The first-order valence-corrected chi connectivity index (χ1v) is 11.2. The molecule has 7 nitrogen and oxygen atoms in total. The fraction of sp³-hybridized carbons (Fsp3) is 0.409. The summed E-state index contributed by atoms with van der Waals surface area (Å²) in [6, 6.07) is 9.33. The largest absolute Gasteiger partial charge is 0.497 e. The van der Waals surface area contributed by atoms with Gasteiger partial charge in [0.2, 0.25) is 11.9 Å². The van der Waals surface area contributed by atoms with Crippen LogP contribution in [0.5, 0.6) is 5.75 Å². The van der Waals surface area contributed by atoms with Gasteiger partial charge in [0, 0.05) is 31.6 Å². The molecule has 30 heavy (non-hydrogen) atoms. The molecule has 158 valence electrons. The number of nitrogens with one attached hydrogen (secondary N) is 1. The van der Waals surface area contributed by atoms with Gasteiger partial charge in [-0.3, -0.25) is 9.59 Å². The van der Waals surface area contributed by atoms with Crippen LogP contribution in [-0.4, -0.2) is 42.2 Å². The van der Waals surface area contributed by atoms with Crippen molar-refractivity contribution in [2.45, 2.75) is 26.2 Å². The maximum Gasteiger partial charge on any atom is 0.277 e. The minimum Gasteiger partial charge on any atom is -0.497 e. The summed E-state index contributed by atoms with van der Waals surface area (Å²) >= 11 is 1.40. The van der Waals surface area contributed by atoms with Crippen molar-refractivity contribution >= 4 is 33.4 Å². The lowest BCUT2D eigenvalue weighted by atomic mass is 9.96. The zero-order valence-electron chi connectivity index (χ0n) is 17.3. The molecule has 0 spiro atoms. The van der Waals surface area contributed by atoms with E-state index in [9.17, 15) is 9.59 Å². The molecule has 0 atom stereocenters. The number of ether oxygens (including phenoxy) is 1. The van der Waals surface area contributed by atoms with Crippen molar-refractivity contribution < 1.29 is 9.53 Å². The third kappa shape index (κ3) is 3.92. The maximum absolute atomic E-state index is 13.3. The molecule has 2 aromatic heterocycles. The summed E-state index contributed by atoms with van der Waals surface area (Å²) < 4.78 is 7.66. The van der Waals surface area contributed by atoms with E-state index in [1.807, 2.05) is 42.6 Å². The van der Waals surface area contributed by atoms with E-state index in [0.29, 0.717) is 41.5 Å². The standard InChI is InChI=1S/C22H26N4O3S/c1-3-10-23-20(27)15-7-11-25(12-8-15)22-24-18-9-13-30-19(18)21(28)26(22)16-5-4-6-17(14-16)29-2/h4-6,9,13-15H,3,7-8,10-12H2,1-2H3,(H,23,27). The highest BCUT2D eigenvalue weighted by atomic mass is 32.1. The number of carbonyl (C=O) groups is 1. The highest BCUT2D eigenvalue weighted by Gasteiger charge is 2.28. The van der Waals surface area contributed by atoms with E-state index >= 15 is 0 Å². The fourth-order valence-corrected chi connectivity index (χ4v) is 4.59. The molecule has 0 saturated carbocycles. The number of rotatable bonds is 6. The van der Waals surface area contributed by atoms with Crippen molar-refractivity contribution in [1.29, 1.82) is 0 Å². The van der Waals surface area contributed by atoms with Crippen molar-refractivity contribution in [3.8, 4) is 11.4 Å². The molecule has 0 aliphatic carbocycles. The Labute approximate surface area is 179 Å². The quantitative estimate of drug-likeness (QED) is 0.655. The minimum absolute atomic E-state index is 0.00895. The lowest BCUT2D eigenvalue weighted by Crippen LogP contribution is -2.42. The van der Waals surface area contributed by atoms with Crippen molar-refractivity contribution in [3.63, 3.8) is 0 Å². The molecule has 8 heteroatoms. The number of amides is 1. The summed E-state index contributed by atoms with van der Waals surface area (Å²) in [7, 11) is 1.61. The van der Waals surface area contributed by atoms with Crippen LogP contribution in [0, 0.1) is 5.92 Å². The Bertz CT molecular complexity index is 1100. The summed E-state index contributed by atoms with van der Waals surface area (Å²) in [5.74, 6) is 1.44.